The molecule has 0 aliphatic heterocycles. The van der Waals surface area contributed by atoms with Crippen molar-refractivity contribution in [2.24, 2.45) is 5.92 Å². The zero-order chi connectivity index (χ0) is 11.7. The Kier molecular flexibility index (Phi) is 3.36. The first kappa shape index (κ1) is 12.0. The highest BCUT2D eigenvalue weighted by atomic mass is 35.5. The fourth-order valence-corrected chi connectivity index (χ4v) is 2.27. The molecule has 15 heavy (non-hydrogen) atoms. The van der Waals surface area contributed by atoms with Crippen molar-refractivity contribution in [3.05, 3.63) is 22.3 Å². The molecule has 82 valence electrons. The molecule has 0 spiro atoms. The first-order valence-electron chi connectivity index (χ1n) is 4.14. The number of aliphatic carboxylic acids is 1. The van der Waals surface area contributed by atoms with Gasteiger partial charge < -0.3 is 5.11 Å². The van der Waals surface area contributed by atoms with E-state index in [0.717, 1.165) is 6.08 Å². The van der Waals surface area contributed by atoms with Gasteiger partial charge in [-0.1, -0.05) is 18.5 Å². The summed E-state index contributed by atoms with van der Waals surface area (Å²) < 4.78 is 21.7. The van der Waals surface area contributed by atoms with Gasteiger partial charge in [0.25, 0.3) is 0 Å². The molecule has 0 bridgehead atoms. The van der Waals surface area contributed by atoms with Gasteiger partial charge in [0.1, 0.15) is 0 Å². The molecule has 0 heterocycles. The average Bonchev–Trinajstić information content (AvgIpc) is 2.13. The van der Waals surface area contributed by atoms with Crippen LogP contribution >= 0.6 is 11.6 Å². The van der Waals surface area contributed by atoms with E-state index in [2.05, 4.69) is 0 Å². The van der Waals surface area contributed by atoms with E-state index >= 15 is 0 Å². The first-order valence-corrected chi connectivity index (χ1v) is 5.59. The second-order valence-corrected chi connectivity index (χ2v) is 4.54. The average molecular weight is 249 g/mol. The van der Waals surface area contributed by atoms with Gasteiger partial charge in [0.15, 0.2) is 0 Å². The Morgan fingerprint density at radius 3 is 2.47 bits per heavy atom. The van der Waals surface area contributed by atoms with Gasteiger partial charge in [-0.3, -0.25) is 0 Å². The van der Waals surface area contributed by atoms with Crippen LogP contribution in [0.4, 0.5) is 0 Å². The predicted molar refractivity (Wildman–Crippen MR) is 57.4 cm³/mol. The monoisotopic (exact) mass is 248 g/mol. The van der Waals surface area contributed by atoms with Gasteiger partial charge in [-0.25, -0.2) is 4.79 Å². The van der Waals surface area contributed by atoms with Crippen LogP contribution in [0.5, 0.6) is 0 Å². The van der Waals surface area contributed by atoms with Crippen molar-refractivity contribution in [1.82, 2.24) is 0 Å². The second kappa shape index (κ2) is 4.20. The molecule has 0 saturated heterocycles. The van der Waals surface area contributed by atoms with Crippen LogP contribution in [0.2, 0.25) is 0 Å². The number of allylic oxidation sites excluding steroid dienone is 2. The predicted octanol–water partition coefficient (Wildman–Crippen LogP) is 1.21. The third-order valence-corrected chi connectivity index (χ3v) is 3.73. The second-order valence-electron chi connectivity index (χ2n) is 3.22. The van der Waals surface area contributed by atoms with E-state index in [1.54, 1.807) is 13.8 Å². The fourth-order valence-electron chi connectivity index (χ4n) is 1.29. The van der Waals surface area contributed by atoms with Crippen molar-refractivity contribution >= 4 is 32.7 Å². The van der Waals surface area contributed by atoms with Crippen LogP contribution < -0.4 is 0 Å². The molecular weight excluding hydrogens is 240 g/mol. The maximum absolute atomic E-state index is 10.8. The maximum Gasteiger partial charge on any atom is 0.337 e. The van der Waals surface area contributed by atoms with Crippen LogP contribution in [-0.2, 0) is 15.1 Å². The normalized spacial score (nSPS) is 21.4. The minimum atomic E-state index is -2.42. The summed E-state index contributed by atoms with van der Waals surface area (Å²) >= 11 is 5.81. The highest BCUT2D eigenvalue weighted by molar-refractivity contribution is 7.73. The van der Waals surface area contributed by atoms with Crippen LogP contribution in [0.25, 0.3) is 0 Å². The summed E-state index contributed by atoms with van der Waals surface area (Å²) in [5, 5.41) is 8.93. The summed E-state index contributed by atoms with van der Waals surface area (Å²) in [6.45, 7) is 3.29. The fraction of sp³-hybridized carbons (Fsp3) is 0.333. The van der Waals surface area contributed by atoms with E-state index in [1.807, 2.05) is 0 Å². The summed E-state index contributed by atoms with van der Waals surface area (Å²) in [5.74, 6) is -1.60. The van der Waals surface area contributed by atoms with E-state index in [-0.39, 0.29) is 21.4 Å². The standard InChI is InChI=1S/C9H9ClO4S/c1-4-5(2)8(10)6(9(11)12)3-7(4)15(13)14/h3-4H,1-2H3,(H,11,12). The van der Waals surface area contributed by atoms with Gasteiger partial charge in [0.2, 0.25) is 10.3 Å². The summed E-state index contributed by atoms with van der Waals surface area (Å²) in [7, 11) is -2.42. The number of halogens is 1. The molecule has 6 heteroatoms. The molecule has 0 aromatic carbocycles. The Labute approximate surface area is 93.4 Å². The molecule has 1 atom stereocenters. The quantitative estimate of drug-likeness (QED) is 0.708. The molecule has 1 aliphatic rings. The smallest absolute Gasteiger partial charge is 0.337 e. The van der Waals surface area contributed by atoms with E-state index in [9.17, 15) is 13.2 Å². The van der Waals surface area contributed by atoms with Crippen molar-refractivity contribution in [2.45, 2.75) is 13.8 Å². The molecule has 0 radical (unpaired) electrons. The third kappa shape index (κ3) is 2.13. The van der Waals surface area contributed by atoms with Crippen LogP contribution in [0.1, 0.15) is 13.8 Å². The summed E-state index contributed by atoms with van der Waals surface area (Å²) in [6, 6.07) is 0. The molecule has 1 rings (SSSR count). The van der Waals surface area contributed by atoms with Crippen LogP contribution in [0.15, 0.2) is 22.3 Å². The molecule has 1 N–H and O–H groups in total. The SMILES string of the molecule is CC1=C(Cl)C(C(=O)O)=CC(=S(=O)=O)C1C. The van der Waals surface area contributed by atoms with E-state index in [4.69, 9.17) is 16.7 Å². The maximum atomic E-state index is 10.8. The summed E-state index contributed by atoms with van der Waals surface area (Å²) in [4.78, 5) is 10.8. The number of hydrogen-bond acceptors (Lipinski definition) is 3. The highest BCUT2D eigenvalue weighted by Crippen LogP contribution is 2.30. The zero-order valence-electron chi connectivity index (χ0n) is 8.11. The molecule has 0 aromatic heterocycles. The first-order chi connectivity index (χ1) is 6.86. The lowest BCUT2D eigenvalue weighted by molar-refractivity contribution is -0.132. The summed E-state index contributed by atoms with van der Waals surface area (Å²) in [5.41, 5.74) is 0.377. The van der Waals surface area contributed by atoms with E-state index < -0.39 is 16.3 Å². The van der Waals surface area contributed by atoms with Crippen LogP contribution in [-0.4, -0.2) is 24.4 Å². The lowest BCUT2D eigenvalue weighted by Crippen LogP contribution is -2.20. The van der Waals surface area contributed by atoms with Gasteiger partial charge in [-0.15, -0.1) is 0 Å². The van der Waals surface area contributed by atoms with E-state index in [1.165, 1.54) is 0 Å². The third-order valence-electron chi connectivity index (χ3n) is 2.37. The van der Waals surface area contributed by atoms with Crippen molar-refractivity contribution in [3.63, 3.8) is 0 Å². The van der Waals surface area contributed by atoms with Crippen molar-refractivity contribution in [3.8, 4) is 0 Å². The molecular formula is C9H9ClO4S. The number of carbonyl (C=O) groups is 1. The van der Waals surface area contributed by atoms with Gasteiger partial charge >= 0.3 is 5.97 Å². The van der Waals surface area contributed by atoms with Gasteiger partial charge in [0, 0.05) is 5.92 Å². The lowest BCUT2D eigenvalue weighted by Gasteiger charge is -2.18. The minimum absolute atomic E-state index is 0.0503. The van der Waals surface area contributed by atoms with Gasteiger partial charge in [-0.05, 0) is 18.6 Å². The van der Waals surface area contributed by atoms with Gasteiger partial charge in [-0.2, -0.15) is 8.42 Å². The van der Waals surface area contributed by atoms with Crippen molar-refractivity contribution in [1.29, 1.82) is 0 Å². The molecule has 0 saturated carbocycles. The molecule has 0 fully saturated rings. The number of hydrogen-bond donors (Lipinski definition) is 1. The van der Waals surface area contributed by atoms with Crippen LogP contribution in [0, 0.1) is 5.92 Å². The Morgan fingerprint density at radius 1 is 1.53 bits per heavy atom. The minimum Gasteiger partial charge on any atom is -0.478 e. The molecule has 0 aromatic rings. The Morgan fingerprint density at radius 2 is 2.07 bits per heavy atom. The lowest BCUT2D eigenvalue weighted by atomic mass is 9.90. The molecule has 4 nitrogen and oxygen atoms in total. The number of rotatable bonds is 1. The topological polar surface area (TPSA) is 71.4 Å². The van der Waals surface area contributed by atoms with Crippen LogP contribution in [0.3, 0.4) is 0 Å². The number of carboxylic acid groups (broad SMARTS) is 1. The molecule has 1 aliphatic carbocycles. The van der Waals surface area contributed by atoms with Gasteiger partial charge in [0.05, 0.1) is 15.5 Å². The van der Waals surface area contributed by atoms with Crippen molar-refractivity contribution < 1.29 is 18.3 Å². The number of carboxylic acids is 1. The molecule has 0 amide bonds. The Bertz CT molecular complexity index is 502. The Hall–Kier alpha value is -1.07. The molecule has 1 unspecified atom stereocenters. The largest absolute Gasteiger partial charge is 0.478 e. The summed E-state index contributed by atoms with van der Waals surface area (Å²) in [6.07, 6.45) is 1.10. The van der Waals surface area contributed by atoms with Crippen molar-refractivity contribution in [2.75, 3.05) is 0 Å². The highest BCUT2D eigenvalue weighted by Gasteiger charge is 2.26. The zero-order valence-corrected chi connectivity index (χ0v) is 9.69. The Balaban J connectivity index is 3.50. The van der Waals surface area contributed by atoms with E-state index in [0.29, 0.717) is 5.57 Å².